The maximum absolute atomic E-state index is 13.7. The van der Waals surface area contributed by atoms with Gasteiger partial charge in [-0.25, -0.2) is 8.42 Å². The summed E-state index contributed by atoms with van der Waals surface area (Å²) >= 11 is 1.49. The second-order valence-corrected chi connectivity index (χ2v) is 19.2. The van der Waals surface area contributed by atoms with Gasteiger partial charge in [0.15, 0.2) is 5.78 Å². The summed E-state index contributed by atoms with van der Waals surface area (Å²) in [7, 11) is -14.1. The first-order chi connectivity index (χ1) is 26.6. The van der Waals surface area contributed by atoms with Crippen LogP contribution in [-0.2, 0) is 55.9 Å². The van der Waals surface area contributed by atoms with Crippen LogP contribution in [0.15, 0.2) is 87.5 Å². The molecular weight excluding hydrogens is 819 g/mol. The van der Waals surface area contributed by atoms with Crippen molar-refractivity contribution in [2.75, 3.05) is 16.7 Å². The molecule has 0 aromatic heterocycles. The smallest absolute Gasteiger partial charge is 0.294 e. The maximum atomic E-state index is 13.7. The van der Waals surface area contributed by atoms with Crippen molar-refractivity contribution in [3.63, 3.8) is 0 Å². The van der Waals surface area contributed by atoms with E-state index >= 15 is 0 Å². The van der Waals surface area contributed by atoms with Crippen LogP contribution in [-0.4, -0.2) is 72.6 Å². The first-order valence-corrected chi connectivity index (χ1v) is 22.9. The molecular formula is C39H37NO13S4. The number of fused-ring (bicyclic) bond motifs is 8. The Balaban J connectivity index is 1.56. The Morgan fingerprint density at radius 3 is 1.28 bits per heavy atom. The number of Topliss-reactive ketones (excluding diaryl/α,β-unsaturated/α-hetero) is 1. The van der Waals surface area contributed by atoms with Crippen LogP contribution in [0, 0.1) is 6.92 Å². The number of hydrogen-bond donors (Lipinski definition) is 7. The predicted molar refractivity (Wildman–Crippen MR) is 213 cm³/mol. The highest BCUT2D eigenvalue weighted by Gasteiger charge is 2.25. The molecule has 57 heavy (non-hydrogen) atoms. The number of benzene rings is 5. The topological polar surface area (TPSA) is 253 Å². The van der Waals surface area contributed by atoms with Crippen molar-refractivity contribution >= 4 is 53.5 Å². The van der Waals surface area contributed by atoms with E-state index in [1.54, 1.807) is 19.1 Å². The van der Waals surface area contributed by atoms with Crippen LogP contribution in [0.3, 0.4) is 0 Å². The number of aromatic hydroxyl groups is 4. The fourth-order valence-electron chi connectivity index (χ4n) is 6.78. The number of ketones is 1. The van der Waals surface area contributed by atoms with Gasteiger partial charge in [0.25, 0.3) is 30.3 Å². The van der Waals surface area contributed by atoms with Crippen molar-refractivity contribution in [3.8, 4) is 23.0 Å². The summed E-state index contributed by atoms with van der Waals surface area (Å²) in [6.45, 7) is 1.69. The molecule has 0 heterocycles. The van der Waals surface area contributed by atoms with Gasteiger partial charge in [-0.2, -0.15) is 28.6 Å². The van der Waals surface area contributed by atoms with Gasteiger partial charge in [0.1, 0.15) is 23.0 Å². The summed E-state index contributed by atoms with van der Waals surface area (Å²) in [6.07, 6.45) is 0.614. The number of sulfonamides is 1. The average Bonchev–Trinajstić information content (AvgIpc) is 3.12. The molecule has 0 unspecified atom stereocenters. The van der Waals surface area contributed by atoms with Gasteiger partial charge in [-0.3, -0.25) is 18.6 Å². The van der Waals surface area contributed by atoms with Crippen LogP contribution >= 0.6 is 11.8 Å². The summed E-state index contributed by atoms with van der Waals surface area (Å²) in [5, 5.41) is 46.1. The molecule has 14 nitrogen and oxygen atoms in total. The van der Waals surface area contributed by atoms with Gasteiger partial charge in [-0.05, 0) is 72.8 Å². The molecule has 1 aliphatic carbocycles. The summed E-state index contributed by atoms with van der Waals surface area (Å²) in [5.74, 6) is -1.31. The molecule has 5 aromatic carbocycles. The van der Waals surface area contributed by atoms with Gasteiger partial charge < -0.3 is 20.4 Å². The molecule has 18 heteroatoms. The second-order valence-electron chi connectivity index (χ2n) is 13.7. The zero-order chi connectivity index (χ0) is 41.6. The third-order valence-electron chi connectivity index (χ3n) is 9.55. The van der Waals surface area contributed by atoms with Crippen molar-refractivity contribution in [1.82, 2.24) is 0 Å². The van der Waals surface area contributed by atoms with E-state index in [2.05, 4.69) is 4.72 Å². The lowest BCUT2D eigenvalue weighted by atomic mass is 9.90. The van der Waals surface area contributed by atoms with E-state index in [0.29, 0.717) is 16.9 Å². The standard InChI is InChI=1S/C39H37NO13S4/c1-21-9-23-11-27-17-33(56(48,49)50)19-29(38(27)44)13-25-15-31(40-55(46,47)32-5-3-22(4-6-32)35(41)7-8-54-2)16-26(37(25)43)14-30-20-34(57(51,52)53)18-28(39(30)45)12-24(10-21)36(23)42/h3-6,9-10,15-20,40,42-45H,7-8,11-14H2,1-2H3,(H,48,49,50)(H,51,52,53). The molecule has 0 saturated heterocycles. The lowest BCUT2D eigenvalue weighted by molar-refractivity contribution is 0.0989. The Morgan fingerprint density at radius 2 is 0.930 bits per heavy atom. The van der Waals surface area contributed by atoms with Gasteiger partial charge in [0.05, 0.1) is 14.7 Å². The number of nitrogens with one attached hydrogen (secondary N) is 1. The van der Waals surface area contributed by atoms with Gasteiger partial charge in [0, 0.05) is 82.5 Å². The van der Waals surface area contributed by atoms with Crippen LogP contribution in [0.2, 0.25) is 0 Å². The molecule has 6 rings (SSSR count). The Hall–Kier alpha value is -5.11. The quantitative estimate of drug-likeness (QED) is 0.0522. The van der Waals surface area contributed by atoms with Gasteiger partial charge in [-0.1, -0.05) is 29.8 Å². The highest BCUT2D eigenvalue weighted by Crippen LogP contribution is 2.40. The third kappa shape index (κ3) is 9.06. The minimum absolute atomic E-state index is 0.0514. The van der Waals surface area contributed by atoms with E-state index in [4.69, 9.17) is 0 Å². The number of rotatable bonds is 9. The first-order valence-electron chi connectivity index (χ1n) is 17.1. The lowest BCUT2D eigenvalue weighted by Crippen LogP contribution is -2.14. The molecule has 0 spiro atoms. The maximum Gasteiger partial charge on any atom is 0.294 e. The summed E-state index contributed by atoms with van der Waals surface area (Å²) < 4.78 is 99.8. The van der Waals surface area contributed by atoms with Crippen LogP contribution in [0.5, 0.6) is 23.0 Å². The van der Waals surface area contributed by atoms with Crippen molar-refractivity contribution in [1.29, 1.82) is 0 Å². The van der Waals surface area contributed by atoms with Crippen LogP contribution in [0.1, 0.15) is 66.8 Å². The monoisotopic (exact) mass is 855 g/mol. The average molecular weight is 856 g/mol. The van der Waals surface area contributed by atoms with E-state index in [0.717, 1.165) is 24.3 Å². The van der Waals surface area contributed by atoms with E-state index in [-0.39, 0.29) is 85.9 Å². The number of aryl methyl sites for hydroxylation is 1. The lowest BCUT2D eigenvalue weighted by Gasteiger charge is -2.19. The number of phenols is 4. The van der Waals surface area contributed by atoms with Crippen molar-refractivity contribution in [2.45, 2.75) is 53.7 Å². The SMILES string of the molecule is CSCCC(=O)c1ccc(S(=O)(=O)Nc2cc3c(O)c(c2)Cc2cc(S(=O)(=O)O)cc(c2O)Cc2cc(C)cc(c2O)Cc2cc(S(=O)(=O)O)cc(c2O)C3)cc1. The molecule has 0 amide bonds. The van der Waals surface area contributed by atoms with Crippen molar-refractivity contribution in [2.24, 2.45) is 0 Å². The van der Waals surface area contributed by atoms with E-state index in [1.165, 1.54) is 48.2 Å². The number of carbonyl (C=O) groups is 1. The highest BCUT2D eigenvalue weighted by atomic mass is 32.2. The second kappa shape index (κ2) is 15.7. The van der Waals surface area contributed by atoms with E-state index < -0.39 is 70.1 Å². The minimum atomic E-state index is -4.88. The molecule has 300 valence electrons. The molecule has 1 aliphatic rings. The third-order valence-corrected chi connectivity index (χ3v) is 13.2. The first kappa shape index (κ1) is 41.5. The van der Waals surface area contributed by atoms with Gasteiger partial charge >= 0.3 is 0 Å². The molecule has 0 radical (unpaired) electrons. The predicted octanol–water partition coefficient (Wildman–Crippen LogP) is 5.72. The number of phenolic OH excluding ortho intramolecular Hbond substituents is 4. The number of hydrogen-bond acceptors (Lipinski definition) is 12. The zero-order valence-electron chi connectivity index (χ0n) is 30.3. The van der Waals surface area contributed by atoms with E-state index in [9.17, 15) is 59.6 Å². The molecule has 0 saturated carbocycles. The Kier molecular flexibility index (Phi) is 11.4. The Morgan fingerprint density at radius 1 is 0.579 bits per heavy atom. The Bertz CT molecular complexity index is 2650. The largest absolute Gasteiger partial charge is 0.507 e. The van der Waals surface area contributed by atoms with Gasteiger partial charge in [0.2, 0.25) is 0 Å². The fraction of sp³-hybridized carbons (Fsp3) is 0.205. The number of thioether (sulfide) groups is 1. The van der Waals surface area contributed by atoms with Crippen molar-refractivity contribution < 1.29 is 59.6 Å². The molecule has 5 aromatic rings. The summed E-state index contributed by atoms with van der Waals surface area (Å²) in [6, 6.07) is 14.8. The molecule has 7 N–H and O–H groups in total. The normalized spacial score (nSPS) is 13.3. The summed E-state index contributed by atoms with van der Waals surface area (Å²) in [4.78, 5) is 11.1. The Labute approximate surface area is 333 Å². The fourth-order valence-corrected chi connectivity index (χ4v) is 9.37. The number of anilines is 1. The number of carbonyl (C=O) groups excluding carboxylic acids is 1. The van der Waals surface area contributed by atoms with Gasteiger partial charge in [-0.15, -0.1) is 0 Å². The van der Waals surface area contributed by atoms with Crippen molar-refractivity contribution in [3.05, 3.63) is 128 Å². The van der Waals surface area contributed by atoms with Crippen LogP contribution in [0.4, 0.5) is 5.69 Å². The highest BCUT2D eigenvalue weighted by molar-refractivity contribution is 7.98. The van der Waals surface area contributed by atoms with E-state index in [1.807, 2.05) is 6.26 Å². The summed E-state index contributed by atoms with van der Waals surface area (Å²) in [5.41, 5.74) is 0.639. The van der Waals surface area contributed by atoms with Crippen LogP contribution in [0.25, 0.3) is 0 Å². The zero-order valence-corrected chi connectivity index (χ0v) is 33.6. The minimum Gasteiger partial charge on any atom is -0.507 e. The molecule has 8 bridgehead atoms. The molecule has 0 aliphatic heterocycles. The van der Waals surface area contributed by atoms with Crippen LogP contribution < -0.4 is 4.72 Å². The molecule has 0 fully saturated rings. The molecule has 0 atom stereocenters.